The number of thiocarbonyl (C=S) groups is 1. The Bertz CT molecular complexity index is 1060. The third-order valence-corrected chi connectivity index (χ3v) is 4.92. The highest BCUT2D eigenvalue weighted by molar-refractivity contribution is 7.80. The zero-order valence-electron chi connectivity index (χ0n) is 16.3. The molecular formula is C20H20N4O5S. The van der Waals surface area contributed by atoms with Gasteiger partial charge in [0, 0.05) is 11.4 Å². The molecule has 9 nitrogen and oxygen atoms in total. The first-order chi connectivity index (χ1) is 14.2. The first-order valence-corrected chi connectivity index (χ1v) is 9.31. The lowest BCUT2D eigenvalue weighted by Crippen LogP contribution is -2.51. The van der Waals surface area contributed by atoms with E-state index in [-0.39, 0.29) is 27.9 Å². The summed E-state index contributed by atoms with van der Waals surface area (Å²) in [5, 5.41) is 30.5. The van der Waals surface area contributed by atoms with Gasteiger partial charge in [0.2, 0.25) is 11.7 Å². The van der Waals surface area contributed by atoms with Crippen molar-refractivity contribution in [1.29, 1.82) is 0 Å². The Morgan fingerprint density at radius 3 is 2.73 bits per heavy atom. The number of carbonyl (C=O) groups excluding carboxylic acids is 1. The third kappa shape index (κ3) is 4.03. The summed E-state index contributed by atoms with van der Waals surface area (Å²) in [5.41, 5.74) is 1.50. The Morgan fingerprint density at radius 2 is 2.10 bits per heavy atom. The van der Waals surface area contributed by atoms with Crippen LogP contribution in [0, 0.1) is 23.0 Å². The molecule has 0 saturated carbocycles. The van der Waals surface area contributed by atoms with Crippen molar-refractivity contribution in [2.24, 2.45) is 5.92 Å². The highest BCUT2D eigenvalue weighted by Crippen LogP contribution is 2.44. The third-order valence-electron chi connectivity index (χ3n) is 4.70. The van der Waals surface area contributed by atoms with Gasteiger partial charge in [-0.15, -0.1) is 0 Å². The van der Waals surface area contributed by atoms with Crippen LogP contribution in [0.3, 0.4) is 0 Å². The van der Waals surface area contributed by atoms with Crippen LogP contribution in [0.4, 0.5) is 11.4 Å². The fourth-order valence-electron chi connectivity index (χ4n) is 3.41. The molecule has 156 valence electrons. The predicted molar refractivity (Wildman–Crippen MR) is 115 cm³/mol. The van der Waals surface area contributed by atoms with E-state index in [0.717, 1.165) is 5.56 Å². The molecule has 2 atom stereocenters. The number of nitro groups is 1. The first-order valence-electron chi connectivity index (χ1n) is 8.91. The molecule has 0 aliphatic carbocycles. The molecule has 1 amide bonds. The van der Waals surface area contributed by atoms with Crippen LogP contribution in [0.1, 0.15) is 17.2 Å². The Morgan fingerprint density at radius 1 is 1.37 bits per heavy atom. The normalized spacial score (nSPS) is 18.2. The molecule has 2 aromatic carbocycles. The molecule has 10 heteroatoms. The Kier molecular flexibility index (Phi) is 5.88. The molecule has 1 fully saturated rings. The molecule has 0 spiro atoms. The molecule has 2 aromatic rings. The molecule has 30 heavy (non-hydrogen) atoms. The van der Waals surface area contributed by atoms with Crippen molar-refractivity contribution in [3.05, 3.63) is 69.9 Å². The number of ether oxygens (including phenoxy) is 1. The van der Waals surface area contributed by atoms with Gasteiger partial charge in [-0.1, -0.05) is 18.7 Å². The number of hydrogen-bond donors (Lipinski definition) is 4. The summed E-state index contributed by atoms with van der Waals surface area (Å²) < 4.78 is 5.04. The molecular weight excluding hydrogens is 408 g/mol. The monoisotopic (exact) mass is 428 g/mol. The number of amides is 1. The summed E-state index contributed by atoms with van der Waals surface area (Å²) in [5.74, 6) is -2.05. The SMILES string of the molecule is C=C1NC(=S)N[C@H](c2ccc(O)c(OC)c2[N+](=O)[O-])[C@H]1C(=O)Nc1cccc(C)c1. The quantitative estimate of drug-likeness (QED) is 0.325. The maximum Gasteiger partial charge on any atom is 0.320 e. The highest BCUT2D eigenvalue weighted by atomic mass is 32.1. The number of aryl methyl sites for hydroxylation is 1. The van der Waals surface area contributed by atoms with Gasteiger partial charge in [-0.05, 0) is 49.0 Å². The van der Waals surface area contributed by atoms with Crippen molar-refractivity contribution in [2.45, 2.75) is 13.0 Å². The minimum Gasteiger partial charge on any atom is -0.504 e. The average molecular weight is 428 g/mol. The summed E-state index contributed by atoms with van der Waals surface area (Å²) in [7, 11) is 1.22. The Labute approximate surface area is 177 Å². The smallest absolute Gasteiger partial charge is 0.320 e. The van der Waals surface area contributed by atoms with Gasteiger partial charge in [-0.3, -0.25) is 14.9 Å². The van der Waals surface area contributed by atoms with Crippen LogP contribution < -0.4 is 20.7 Å². The van der Waals surface area contributed by atoms with Gasteiger partial charge in [-0.2, -0.15) is 0 Å². The van der Waals surface area contributed by atoms with Gasteiger partial charge in [0.15, 0.2) is 10.9 Å². The van der Waals surface area contributed by atoms with E-state index in [4.69, 9.17) is 17.0 Å². The number of aromatic hydroxyl groups is 1. The standard InChI is InChI=1S/C20H20N4O5S/c1-10-5-4-6-12(9-10)22-19(26)15-11(2)21-20(30)23-16(15)13-7-8-14(25)18(29-3)17(13)24(27)28/h4-9,15-16,25H,2H2,1,3H3,(H,22,26)(H2,21,23,30)/t15-,16+/m0/s1. The molecule has 3 rings (SSSR count). The van der Waals surface area contributed by atoms with Crippen molar-refractivity contribution in [3.63, 3.8) is 0 Å². The molecule has 0 bridgehead atoms. The molecule has 1 heterocycles. The van der Waals surface area contributed by atoms with E-state index in [1.54, 1.807) is 18.2 Å². The number of rotatable bonds is 5. The maximum atomic E-state index is 13.1. The van der Waals surface area contributed by atoms with Gasteiger partial charge in [0.1, 0.15) is 5.92 Å². The summed E-state index contributed by atoms with van der Waals surface area (Å²) in [6.45, 7) is 5.78. The largest absolute Gasteiger partial charge is 0.504 e. The van der Waals surface area contributed by atoms with Crippen LogP contribution in [0.2, 0.25) is 0 Å². The minimum atomic E-state index is -0.940. The van der Waals surface area contributed by atoms with Gasteiger partial charge in [0.05, 0.1) is 23.6 Å². The second-order valence-electron chi connectivity index (χ2n) is 6.75. The molecule has 1 aliphatic heterocycles. The lowest BCUT2D eigenvalue weighted by molar-refractivity contribution is -0.386. The molecule has 0 unspecified atom stereocenters. The maximum absolute atomic E-state index is 13.1. The predicted octanol–water partition coefficient (Wildman–Crippen LogP) is 2.90. The number of carbonyl (C=O) groups is 1. The highest BCUT2D eigenvalue weighted by Gasteiger charge is 2.41. The number of phenolic OH excluding ortho intramolecular Hbond substituents is 1. The summed E-state index contributed by atoms with van der Waals surface area (Å²) in [6, 6.07) is 8.96. The number of hydrogen-bond acceptors (Lipinski definition) is 6. The van der Waals surface area contributed by atoms with Gasteiger partial charge >= 0.3 is 5.69 Å². The van der Waals surface area contributed by atoms with Gasteiger partial charge < -0.3 is 25.8 Å². The lowest BCUT2D eigenvalue weighted by atomic mass is 9.87. The van der Waals surface area contributed by atoms with E-state index in [1.165, 1.54) is 19.2 Å². The number of nitrogens with zero attached hydrogens (tertiary/aromatic N) is 1. The summed E-state index contributed by atoms with van der Waals surface area (Å²) in [6.07, 6.45) is 0. The van der Waals surface area contributed by atoms with Crippen molar-refractivity contribution >= 4 is 34.6 Å². The fraction of sp³-hybridized carbons (Fsp3) is 0.200. The van der Waals surface area contributed by atoms with E-state index in [9.17, 15) is 20.0 Å². The van der Waals surface area contributed by atoms with Crippen LogP contribution in [-0.4, -0.2) is 28.2 Å². The average Bonchev–Trinajstić information content (AvgIpc) is 2.66. The number of methoxy groups -OCH3 is 1. The van der Waals surface area contributed by atoms with Crippen LogP contribution in [0.15, 0.2) is 48.7 Å². The van der Waals surface area contributed by atoms with Gasteiger partial charge in [0.25, 0.3) is 0 Å². The van der Waals surface area contributed by atoms with Crippen LogP contribution in [0.25, 0.3) is 0 Å². The van der Waals surface area contributed by atoms with Crippen LogP contribution >= 0.6 is 12.2 Å². The molecule has 0 aromatic heterocycles. The van der Waals surface area contributed by atoms with E-state index in [2.05, 4.69) is 22.5 Å². The number of phenols is 1. The van der Waals surface area contributed by atoms with E-state index in [0.29, 0.717) is 5.69 Å². The minimum absolute atomic E-state index is 0.129. The van der Waals surface area contributed by atoms with E-state index >= 15 is 0 Å². The van der Waals surface area contributed by atoms with Crippen molar-refractivity contribution in [3.8, 4) is 11.5 Å². The second-order valence-corrected chi connectivity index (χ2v) is 7.16. The topological polar surface area (TPSA) is 126 Å². The van der Waals surface area contributed by atoms with Crippen molar-refractivity contribution < 1.29 is 19.6 Å². The van der Waals surface area contributed by atoms with Crippen LogP contribution in [-0.2, 0) is 4.79 Å². The Hall–Kier alpha value is -3.66. The van der Waals surface area contributed by atoms with Crippen molar-refractivity contribution in [1.82, 2.24) is 10.6 Å². The van der Waals surface area contributed by atoms with Gasteiger partial charge in [-0.25, -0.2) is 0 Å². The van der Waals surface area contributed by atoms with E-state index in [1.807, 2.05) is 13.0 Å². The number of nitrogens with one attached hydrogen (secondary N) is 3. The Balaban J connectivity index is 2.07. The van der Waals surface area contributed by atoms with E-state index < -0.39 is 28.5 Å². The molecule has 4 N–H and O–H groups in total. The zero-order chi connectivity index (χ0) is 22.0. The van der Waals surface area contributed by atoms with Crippen LogP contribution in [0.5, 0.6) is 11.5 Å². The zero-order valence-corrected chi connectivity index (χ0v) is 17.1. The summed E-state index contributed by atoms with van der Waals surface area (Å²) in [4.78, 5) is 24.2. The molecule has 1 saturated heterocycles. The second kappa shape index (κ2) is 8.37. The first kappa shape index (κ1) is 21.1. The number of nitro benzene ring substituents is 1. The van der Waals surface area contributed by atoms with Crippen molar-refractivity contribution in [2.75, 3.05) is 12.4 Å². The fourth-order valence-corrected chi connectivity index (χ4v) is 3.67. The number of benzene rings is 2. The lowest BCUT2D eigenvalue weighted by Gasteiger charge is -2.35. The summed E-state index contributed by atoms with van der Waals surface area (Å²) >= 11 is 5.18. The molecule has 0 radical (unpaired) electrons. The number of anilines is 1. The molecule has 1 aliphatic rings.